The van der Waals surface area contributed by atoms with Crippen molar-refractivity contribution in [3.8, 4) is 0 Å². The van der Waals surface area contributed by atoms with E-state index in [2.05, 4.69) is 25.2 Å². The van der Waals surface area contributed by atoms with E-state index in [0.717, 1.165) is 31.0 Å². The molecule has 0 saturated carbocycles. The van der Waals surface area contributed by atoms with Crippen LogP contribution in [0.3, 0.4) is 0 Å². The minimum Gasteiger partial charge on any atom is -0.388 e. The zero-order valence-corrected chi connectivity index (χ0v) is 13.9. The lowest BCUT2D eigenvalue weighted by Gasteiger charge is -2.38. The van der Waals surface area contributed by atoms with Crippen LogP contribution in [-0.2, 0) is 20.0 Å². The van der Waals surface area contributed by atoms with Gasteiger partial charge in [-0.05, 0) is 19.4 Å². The smallest absolute Gasteiger partial charge is 0.240 e. The van der Waals surface area contributed by atoms with Gasteiger partial charge in [-0.2, -0.15) is 4.98 Å². The number of piperidine rings is 1. The van der Waals surface area contributed by atoms with E-state index in [1.54, 1.807) is 6.33 Å². The Labute approximate surface area is 135 Å². The zero-order chi connectivity index (χ0) is 16.4. The largest absolute Gasteiger partial charge is 0.388 e. The van der Waals surface area contributed by atoms with E-state index >= 15 is 0 Å². The molecule has 1 fully saturated rings. The van der Waals surface area contributed by atoms with Crippen molar-refractivity contribution in [1.82, 2.24) is 29.8 Å². The SMILES string of the molecule is CC(C)c1noc(CN2CCCC(O)(Cc3nncn3C)C2)n1. The van der Waals surface area contributed by atoms with Gasteiger partial charge in [0.15, 0.2) is 5.82 Å². The van der Waals surface area contributed by atoms with E-state index in [9.17, 15) is 5.11 Å². The van der Waals surface area contributed by atoms with Crippen LogP contribution in [0.5, 0.6) is 0 Å². The highest BCUT2D eigenvalue weighted by molar-refractivity contribution is 4.99. The Morgan fingerprint density at radius 2 is 2.26 bits per heavy atom. The second-order valence-electron chi connectivity index (χ2n) is 6.77. The third kappa shape index (κ3) is 3.76. The molecule has 0 spiro atoms. The number of β-amino-alcohol motifs (C(OH)–C–C–N with tert-alkyl or cyclic N) is 1. The average molecular weight is 320 g/mol. The molecule has 0 aromatic carbocycles. The molecule has 1 saturated heterocycles. The third-order valence-corrected chi connectivity index (χ3v) is 4.29. The molecule has 1 aliphatic rings. The molecule has 1 atom stereocenters. The lowest BCUT2D eigenvalue weighted by molar-refractivity contribution is -0.0367. The van der Waals surface area contributed by atoms with Gasteiger partial charge >= 0.3 is 0 Å². The van der Waals surface area contributed by atoms with Gasteiger partial charge in [-0.3, -0.25) is 4.90 Å². The van der Waals surface area contributed by atoms with Crippen LogP contribution in [0.1, 0.15) is 50.1 Å². The first-order valence-electron chi connectivity index (χ1n) is 8.05. The molecular weight excluding hydrogens is 296 g/mol. The molecular formula is C15H24N6O2. The highest BCUT2D eigenvalue weighted by Gasteiger charge is 2.35. The van der Waals surface area contributed by atoms with Gasteiger partial charge < -0.3 is 14.2 Å². The van der Waals surface area contributed by atoms with E-state index in [4.69, 9.17) is 4.52 Å². The predicted molar refractivity (Wildman–Crippen MR) is 82.6 cm³/mol. The van der Waals surface area contributed by atoms with Crippen LogP contribution in [0.25, 0.3) is 0 Å². The minimum absolute atomic E-state index is 0.252. The van der Waals surface area contributed by atoms with Crippen LogP contribution in [0, 0.1) is 0 Å². The third-order valence-electron chi connectivity index (χ3n) is 4.29. The second kappa shape index (κ2) is 6.37. The summed E-state index contributed by atoms with van der Waals surface area (Å²) >= 11 is 0. The molecule has 126 valence electrons. The summed E-state index contributed by atoms with van der Waals surface area (Å²) in [6, 6.07) is 0. The lowest BCUT2D eigenvalue weighted by atomic mass is 9.89. The Balaban J connectivity index is 1.64. The number of aryl methyl sites for hydroxylation is 1. The van der Waals surface area contributed by atoms with E-state index in [0.29, 0.717) is 25.4 Å². The number of likely N-dealkylation sites (tertiary alicyclic amines) is 1. The monoisotopic (exact) mass is 320 g/mol. The molecule has 1 aliphatic heterocycles. The maximum Gasteiger partial charge on any atom is 0.240 e. The molecule has 23 heavy (non-hydrogen) atoms. The Morgan fingerprint density at radius 3 is 2.91 bits per heavy atom. The van der Waals surface area contributed by atoms with Gasteiger partial charge in [0.25, 0.3) is 0 Å². The van der Waals surface area contributed by atoms with Crippen LogP contribution in [-0.4, -0.2) is 53.6 Å². The Hall–Kier alpha value is -1.80. The van der Waals surface area contributed by atoms with E-state index in [1.165, 1.54) is 0 Å². The first-order chi connectivity index (χ1) is 11.0. The first kappa shape index (κ1) is 16.1. The van der Waals surface area contributed by atoms with Gasteiger partial charge in [-0.15, -0.1) is 10.2 Å². The van der Waals surface area contributed by atoms with Crippen molar-refractivity contribution in [3.63, 3.8) is 0 Å². The van der Waals surface area contributed by atoms with E-state index in [1.807, 2.05) is 25.5 Å². The zero-order valence-electron chi connectivity index (χ0n) is 13.9. The van der Waals surface area contributed by atoms with Crippen molar-refractivity contribution in [2.24, 2.45) is 7.05 Å². The average Bonchev–Trinajstić information content (AvgIpc) is 3.09. The molecule has 0 amide bonds. The Kier molecular flexibility index (Phi) is 4.45. The van der Waals surface area contributed by atoms with Gasteiger partial charge in [-0.1, -0.05) is 19.0 Å². The number of nitrogens with zero attached hydrogens (tertiary/aromatic N) is 6. The number of hydrogen-bond acceptors (Lipinski definition) is 7. The van der Waals surface area contributed by atoms with Crippen LogP contribution < -0.4 is 0 Å². The Morgan fingerprint density at radius 1 is 1.43 bits per heavy atom. The fourth-order valence-corrected chi connectivity index (χ4v) is 3.00. The van der Waals surface area contributed by atoms with Gasteiger partial charge in [0.2, 0.25) is 5.89 Å². The van der Waals surface area contributed by atoms with Gasteiger partial charge in [-0.25, -0.2) is 0 Å². The van der Waals surface area contributed by atoms with Crippen LogP contribution >= 0.6 is 0 Å². The molecule has 0 bridgehead atoms. The summed E-state index contributed by atoms with van der Waals surface area (Å²) in [5.74, 6) is 2.39. The number of hydrogen-bond donors (Lipinski definition) is 1. The highest BCUT2D eigenvalue weighted by Crippen LogP contribution is 2.25. The molecule has 2 aromatic heterocycles. The Bertz CT molecular complexity index is 652. The lowest BCUT2D eigenvalue weighted by Crippen LogP contribution is -2.49. The summed E-state index contributed by atoms with van der Waals surface area (Å²) in [7, 11) is 1.89. The van der Waals surface area contributed by atoms with Crippen molar-refractivity contribution >= 4 is 0 Å². The molecule has 0 aliphatic carbocycles. The number of rotatable bonds is 5. The van der Waals surface area contributed by atoms with Gasteiger partial charge in [0.05, 0.1) is 12.1 Å². The van der Waals surface area contributed by atoms with Crippen LogP contribution in [0.15, 0.2) is 10.9 Å². The maximum absolute atomic E-state index is 10.9. The second-order valence-corrected chi connectivity index (χ2v) is 6.77. The fourth-order valence-electron chi connectivity index (χ4n) is 3.00. The normalized spacial score (nSPS) is 22.8. The van der Waals surface area contributed by atoms with Gasteiger partial charge in [0, 0.05) is 25.9 Å². The fraction of sp³-hybridized carbons (Fsp3) is 0.733. The summed E-state index contributed by atoms with van der Waals surface area (Å²) < 4.78 is 7.16. The minimum atomic E-state index is -0.792. The molecule has 3 heterocycles. The molecule has 3 rings (SSSR count). The molecule has 8 nitrogen and oxygen atoms in total. The number of aliphatic hydroxyl groups is 1. The van der Waals surface area contributed by atoms with Crippen molar-refractivity contribution in [2.45, 2.75) is 51.2 Å². The standard InChI is InChI=1S/C15H24N6O2/c1-11(2)14-17-13(23-19-14)8-21-6-4-5-15(22,9-21)7-12-18-16-10-20(12)3/h10-11,22H,4-9H2,1-3H3. The van der Waals surface area contributed by atoms with E-state index < -0.39 is 5.60 Å². The van der Waals surface area contributed by atoms with E-state index in [-0.39, 0.29) is 5.92 Å². The van der Waals surface area contributed by atoms with Crippen molar-refractivity contribution in [2.75, 3.05) is 13.1 Å². The molecule has 8 heteroatoms. The predicted octanol–water partition coefficient (Wildman–Crippen LogP) is 0.891. The van der Waals surface area contributed by atoms with Crippen molar-refractivity contribution < 1.29 is 9.63 Å². The summed E-state index contributed by atoms with van der Waals surface area (Å²) in [6.07, 6.45) is 3.85. The quantitative estimate of drug-likeness (QED) is 0.874. The summed E-state index contributed by atoms with van der Waals surface area (Å²) in [6.45, 7) is 6.13. The topological polar surface area (TPSA) is 93.1 Å². The highest BCUT2D eigenvalue weighted by atomic mass is 16.5. The summed E-state index contributed by atoms with van der Waals surface area (Å²) in [5, 5.41) is 22.9. The van der Waals surface area contributed by atoms with Gasteiger partial charge in [0.1, 0.15) is 12.2 Å². The molecule has 1 unspecified atom stereocenters. The first-order valence-corrected chi connectivity index (χ1v) is 8.05. The molecule has 2 aromatic rings. The number of aromatic nitrogens is 5. The van der Waals surface area contributed by atoms with Crippen molar-refractivity contribution in [3.05, 3.63) is 23.9 Å². The molecule has 1 N–H and O–H groups in total. The maximum atomic E-state index is 10.9. The summed E-state index contributed by atoms with van der Waals surface area (Å²) in [4.78, 5) is 6.58. The van der Waals surface area contributed by atoms with Crippen LogP contribution in [0.2, 0.25) is 0 Å². The summed E-state index contributed by atoms with van der Waals surface area (Å²) in [5.41, 5.74) is -0.792. The van der Waals surface area contributed by atoms with Crippen LogP contribution in [0.4, 0.5) is 0 Å². The molecule has 0 radical (unpaired) electrons. The van der Waals surface area contributed by atoms with Crippen molar-refractivity contribution in [1.29, 1.82) is 0 Å².